The molecule has 1 amide bonds. The van der Waals surface area contributed by atoms with Gasteiger partial charge in [0.1, 0.15) is 11.5 Å². The van der Waals surface area contributed by atoms with E-state index in [1.54, 1.807) is 25.4 Å². The number of halogens is 1. The lowest BCUT2D eigenvalue weighted by atomic mass is 9.96. The molecule has 7 heteroatoms. The van der Waals surface area contributed by atoms with Crippen molar-refractivity contribution < 1.29 is 14.0 Å². The Kier molecular flexibility index (Phi) is 6.04. The average molecular weight is 420 g/mol. The van der Waals surface area contributed by atoms with Gasteiger partial charge in [-0.2, -0.15) is 0 Å². The van der Waals surface area contributed by atoms with Gasteiger partial charge in [0, 0.05) is 50.4 Å². The van der Waals surface area contributed by atoms with Crippen LogP contribution in [-0.4, -0.2) is 47.4 Å². The molecule has 0 saturated heterocycles. The minimum atomic E-state index is -0.312. The van der Waals surface area contributed by atoms with E-state index in [9.17, 15) is 9.59 Å². The van der Waals surface area contributed by atoms with E-state index in [1.165, 1.54) is 5.57 Å². The maximum Gasteiger partial charge on any atom is 0.269 e. The smallest absolute Gasteiger partial charge is 0.269 e. The van der Waals surface area contributed by atoms with Crippen molar-refractivity contribution in [1.82, 2.24) is 15.2 Å². The molecular formula is C24H25FN4O2. The van der Waals surface area contributed by atoms with E-state index in [2.05, 4.69) is 26.3 Å². The highest BCUT2D eigenvalue weighted by Crippen LogP contribution is 2.31. The van der Waals surface area contributed by atoms with Gasteiger partial charge in [-0.05, 0) is 36.1 Å². The summed E-state index contributed by atoms with van der Waals surface area (Å²) in [6.07, 6.45) is 5.31. The number of Topliss-reactive ketones (excluding diaryl/α,β-unsaturated/α-hetero) is 1. The molecule has 2 aliphatic rings. The van der Waals surface area contributed by atoms with Gasteiger partial charge in [-0.3, -0.25) is 19.5 Å². The average Bonchev–Trinajstić information content (AvgIpc) is 2.81. The van der Waals surface area contributed by atoms with Crippen molar-refractivity contribution >= 4 is 28.7 Å². The minimum absolute atomic E-state index is 0.0881. The lowest BCUT2D eigenvalue weighted by Crippen LogP contribution is -2.29. The van der Waals surface area contributed by atoms with Crippen LogP contribution in [0.4, 0.5) is 10.1 Å². The Bertz CT molecular complexity index is 1090. The number of nitrogens with one attached hydrogen (secondary N) is 1. The van der Waals surface area contributed by atoms with Crippen LogP contribution in [-0.2, 0) is 17.8 Å². The number of aromatic nitrogens is 1. The molecule has 4 rings (SSSR count). The fraction of sp³-hybridized carbons (Fsp3) is 0.333. The Labute approximate surface area is 180 Å². The quantitative estimate of drug-likeness (QED) is 0.804. The van der Waals surface area contributed by atoms with Gasteiger partial charge in [-0.15, -0.1) is 0 Å². The van der Waals surface area contributed by atoms with Crippen LogP contribution in [0, 0.1) is 5.82 Å². The molecule has 0 atom stereocenters. The molecule has 0 aliphatic carbocycles. The minimum Gasteiger partial charge on any atom is -0.354 e. The number of hydrogen-bond acceptors (Lipinski definition) is 5. The van der Waals surface area contributed by atoms with Crippen LogP contribution in [0.2, 0.25) is 0 Å². The van der Waals surface area contributed by atoms with Gasteiger partial charge in [0.15, 0.2) is 5.78 Å². The summed E-state index contributed by atoms with van der Waals surface area (Å²) in [4.78, 5) is 34.5. The number of carbonyl (C=O) groups is 2. The van der Waals surface area contributed by atoms with E-state index in [4.69, 9.17) is 0 Å². The second-order valence-electron chi connectivity index (χ2n) is 7.77. The SMILES string of the molecule is CCC1=Nc2ccc(CN3CC=C(c4ccc(C(=O)NC)nc4)CC3)c(F)c2CC1=O. The third kappa shape index (κ3) is 4.32. The summed E-state index contributed by atoms with van der Waals surface area (Å²) < 4.78 is 15.1. The normalized spacial score (nSPS) is 16.4. The molecule has 0 radical (unpaired) electrons. The van der Waals surface area contributed by atoms with Crippen LogP contribution in [0.3, 0.4) is 0 Å². The van der Waals surface area contributed by atoms with Crippen LogP contribution in [0.1, 0.15) is 46.9 Å². The van der Waals surface area contributed by atoms with E-state index in [0.717, 1.165) is 18.5 Å². The zero-order valence-corrected chi connectivity index (χ0v) is 17.7. The van der Waals surface area contributed by atoms with E-state index in [1.807, 2.05) is 19.1 Å². The van der Waals surface area contributed by atoms with Crippen LogP contribution < -0.4 is 5.32 Å². The fourth-order valence-corrected chi connectivity index (χ4v) is 4.01. The number of nitrogens with zero attached hydrogens (tertiary/aromatic N) is 3. The largest absolute Gasteiger partial charge is 0.354 e. The molecule has 1 aromatic carbocycles. The first-order valence-corrected chi connectivity index (χ1v) is 10.5. The summed E-state index contributed by atoms with van der Waals surface area (Å²) in [6, 6.07) is 7.23. The number of hydrogen-bond donors (Lipinski definition) is 1. The van der Waals surface area contributed by atoms with E-state index < -0.39 is 0 Å². The van der Waals surface area contributed by atoms with Crippen LogP contribution >= 0.6 is 0 Å². The van der Waals surface area contributed by atoms with Crippen molar-refractivity contribution in [2.75, 3.05) is 20.1 Å². The van der Waals surface area contributed by atoms with Crippen LogP contribution in [0.5, 0.6) is 0 Å². The maximum atomic E-state index is 15.1. The van der Waals surface area contributed by atoms with E-state index in [0.29, 0.717) is 47.7 Å². The summed E-state index contributed by atoms with van der Waals surface area (Å²) in [6.45, 7) is 3.85. The molecule has 0 fully saturated rings. The molecule has 2 aromatic rings. The van der Waals surface area contributed by atoms with Gasteiger partial charge in [0.25, 0.3) is 5.91 Å². The zero-order valence-electron chi connectivity index (χ0n) is 17.7. The van der Waals surface area contributed by atoms with Gasteiger partial charge in [0.2, 0.25) is 0 Å². The molecule has 2 aliphatic heterocycles. The van der Waals surface area contributed by atoms with Crippen molar-refractivity contribution in [2.24, 2.45) is 4.99 Å². The highest BCUT2D eigenvalue weighted by molar-refractivity contribution is 6.41. The van der Waals surface area contributed by atoms with Crippen molar-refractivity contribution in [1.29, 1.82) is 0 Å². The zero-order chi connectivity index (χ0) is 22.0. The van der Waals surface area contributed by atoms with Gasteiger partial charge in [-0.1, -0.05) is 25.1 Å². The number of fused-ring (bicyclic) bond motifs is 1. The highest BCUT2D eigenvalue weighted by Gasteiger charge is 2.24. The van der Waals surface area contributed by atoms with Gasteiger partial charge >= 0.3 is 0 Å². The van der Waals surface area contributed by atoms with Crippen LogP contribution in [0.15, 0.2) is 41.5 Å². The number of pyridine rings is 1. The first kappa shape index (κ1) is 21.1. The Balaban J connectivity index is 1.45. The predicted octanol–water partition coefficient (Wildman–Crippen LogP) is 3.48. The van der Waals surface area contributed by atoms with Crippen molar-refractivity contribution in [3.63, 3.8) is 0 Å². The molecule has 160 valence electrons. The lowest BCUT2D eigenvalue weighted by molar-refractivity contribution is -0.112. The number of rotatable bonds is 5. The summed E-state index contributed by atoms with van der Waals surface area (Å²) >= 11 is 0. The van der Waals surface area contributed by atoms with Crippen molar-refractivity contribution in [2.45, 2.75) is 32.7 Å². The van der Waals surface area contributed by atoms with Gasteiger partial charge < -0.3 is 5.32 Å². The predicted molar refractivity (Wildman–Crippen MR) is 118 cm³/mol. The molecule has 0 unspecified atom stereocenters. The summed E-state index contributed by atoms with van der Waals surface area (Å²) in [7, 11) is 1.58. The van der Waals surface area contributed by atoms with E-state index >= 15 is 4.39 Å². The summed E-state index contributed by atoms with van der Waals surface area (Å²) in [5.74, 6) is -0.609. The fourth-order valence-electron chi connectivity index (χ4n) is 4.01. The second kappa shape index (κ2) is 8.89. The lowest BCUT2D eigenvalue weighted by Gasteiger charge is -2.27. The topological polar surface area (TPSA) is 74.7 Å². The van der Waals surface area contributed by atoms with Gasteiger partial charge in [0.05, 0.1) is 11.4 Å². The molecular weight excluding hydrogens is 395 g/mol. The van der Waals surface area contributed by atoms with Gasteiger partial charge in [-0.25, -0.2) is 9.38 Å². The number of aliphatic imine (C=N–C) groups is 1. The van der Waals surface area contributed by atoms with Crippen LogP contribution in [0.25, 0.3) is 5.57 Å². The Hall–Kier alpha value is -3.19. The van der Waals surface area contributed by atoms with Crippen molar-refractivity contribution in [3.8, 4) is 0 Å². The maximum absolute atomic E-state index is 15.1. The molecule has 1 aromatic heterocycles. The highest BCUT2D eigenvalue weighted by atomic mass is 19.1. The molecule has 3 heterocycles. The Morgan fingerprint density at radius 2 is 2.10 bits per heavy atom. The Morgan fingerprint density at radius 1 is 1.26 bits per heavy atom. The second-order valence-corrected chi connectivity index (χ2v) is 7.77. The molecule has 0 spiro atoms. The third-order valence-electron chi connectivity index (χ3n) is 5.83. The molecule has 31 heavy (non-hydrogen) atoms. The monoisotopic (exact) mass is 420 g/mol. The first-order chi connectivity index (χ1) is 15.0. The summed E-state index contributed by atoms with van der Waals surface area (Å²) in [5.41, 5.74) is 4.66. The number of ketones is 1. The van der Waals surface area contributed by atoms with E-state index in [-0.39, 0.29) is 23.9 Å². The third-order valence-corrected chi connectivity index (χ3v) is 5.83. The molecule has 0 bridgehead atoms. The Morgan fingerprint density at radius 3 is 2.74 bits per heavy atom. The van der Waals surface area contributed by atoms with Crippen molar-refractivity contribution in [3.05, 3.63) is 64.7 Å². The summed E-state index contributed by atoms with van der Waals surface area (Å²) in [5, 5.41) is 2.56. The molecule has 1 N–H and O–H groups in total. The molecule has 0 saturated carbocycles. The number of carbonyl (C=O) groups excluding carboxylic acids is 2. The number of benzene rings is 1. The number of amides is 1. The standard InChI is InChI=1S/C24H25FN4O2/c1-3-19-22(30)12-18-20(28-19)6-5-17(23(18)25)14-29-10-8-15(9-11-29)16-4-7-21(27-13-16)24(31)26-2/h4-8,13H,3,9-12,14H2,1-2H3,(H,26,31). The molecule has 6 nitrogen and oxygen atoms in total. The first-order valence-electron chi connectivity index (χ1n) is 10.5.